The molecule has 0 atom stereocenters. The largest absolute Gasteiger partial charge is 0.416 e. The van der Waals surface area contributed by atoms with Gasteiger partial charge in [0.05, 0.1) is 5.56 Å². The van der Waals surface area contributed by atoms with Crippen molar-refractivity contribution in [3.8, 4) is 0 Å². The molecule has 114 valence electrons. The first-order chi connectivity index (χ1) is 9.64. The topological polar surface area (TPSA) is 26.0 Å². The Kier molecular flexibility index (Phi) is 5.67. The Morgan fingerprint density at radius 2 is 1.48 bits per heavy atom. The van der Waals surface area contributed by atoms with Gasteiger partial charge in [0.2, 0.25) is 0 Å². The van der Waals surface area contributed by atoms with Gasteiger partial charge in [-0.1, -0.05) is 41.9 Å². The minimum Gasteiger partial charge on any atom is -0.398 e. The molecule has 0 aliphatic carbocycles. The molecule has 0 bridgehead atoms. The summed E-state index contributed by atoms with van der Waals surface area (Å²) in [6, 6.07) is 8.27. The SMILES string of the molecule is Cc1cc(N)c(C)c(C)c1Cl.FC(F)(F)c1ccccc1. The van der Waals surface area contributed by atoms with Gasteiger partial charge in [-0.25, -0.2) is 0 Å². The minimum atomic E-state index is -4.21. The van der Waals surface area contributed by atoms with Crippen LogP contribution in [0.4, 0.5) is 18.9 Å². The normalized spacial score (nSPS) is 10.8. The first-order valence-corrected chi connectivity index (χ1v) is 6.66. The lowest BCUT2D eigenvalue weighted by molar-refractivity contribution is -0.137. The number of nitrogen functional groups attached to an aromatic ring is 1. The van der Waals surface area contributed by atoms with Crippen molar-refractivity contribution in [3.63, 3.8) is 0 Å². The highest BCUT2D eigenvalue weighted by Crippen LogP contribution is 2.28. The van der Waals surface area contributed by atoms with E-state index in [1.165, 1.54) is 12.1 Å². The van der Waals surface area contributed by atoms with Gasteiger partial charge in [-0.2, -0.15) is 13.2 Å². The van der Waals surface area contributed by atoms with Gasteiger partial charge < -0.3 is 5.73 Å². The van der Waals surface area contributed by atoms with Crippen LogP contribution in [0.3, 0.4) is 0 Å². The zero-order valence-corrected chi connectivity index (χ0v) is 12.8. The van der Waals surface area contributed by atoms with Crippen LogP contribution in [0.2, 0.25) is 5.02 Å². The molecule has 2 rings (SSSR count). The van der Waals surface area contributed by atoms with Crippen LogP contribution in [0, 0.1) is 20.8 Å². The average molecular weight is 316 g/mol. The third-order valence-corrected chi connectivity index (χ3v) is 3.73. The highest BCUT2D eigenvalue weighted by molar-refractivity contribution is 6.32. The third-order valence-electron chi connectivity index (χ3n) is 3.14. The van der Waals surface area contributed by atoms with E-state index in [4.69, 9.17) is 17.3 Å². The van der Waals surface area contributed by atoms with E-state index in [-0.39, 0.29) is 0 Å². The van der Waals surface area contributed by atoms with Gasteiger partial charge in [-0.3, -0.25) is 0 Å². The van der Waals surface area contributed by atoms with E-state index in [0.29, 0.717) is 0 Å². The summed E-state index contributed by atoms with van der Waals surface area (Å²) in [6.45, 7) is 5.93. The Bertz CT molecular complexity index is 581. The monoisotopic (exact) mass is 315 g/mol. The maximum Gasteiger partial charge on any atom is 0.416 e. The molecule has 0 spiro atoms. The van der Waals surface area contributed by atoms with E-state index >= 15 is 0 Å². The van der Waals surface area contributed by atoms with Crippen molar-refractivity contribution < 1.29 is 13.2 Å². The fourth-order valence-electron chi connectivity index (χ4n) is 1.71. The van der Waals surface area contributed by atoms with Crippen molar-refractivity contribution in [1.29, 1.82) is 0 Å². The van der Waals surface area contributed by atoms with E-state index < -0.39 is 11.7 Å². The van der Waals surface area contributed by atoms with Gasteiger partial charge in [0.15, 0.2) is 0 Å². The quantitative estimate of drug-likeness (QED) is 0.633. The molecule has 2 aromatic carbocycles. The molecule has 2 aromatic rings. The zero-order chi connectivity index (χ0) is 16.2. The van der Waals surface area contributed by atoms with E-state index in [9.17, 15) is 13.2 Å². The number of alkyl halides is 3. The molecular weight excluding hydrogens is 299 g/mol. The molecule has 0 unspecified atom stereocenters. The average Bonchev–Trinajstić information content (AvgIpc) is 2.44. The summed E-state index contributed by atoms with van der Waals surface area (Å²) >= 11 is 6.00. The molecule has 1 nitrogen and oxygen atoms in total. The molecule has 0 fully saturated rings. The van der Waals surface area contributed by atoms with Crippen LogP contribution in [0.25, 0.3) is 0 Å². The lowest BCUT2D eigenvalue weighted by Crippen LogP contribution is -2.03. The number of hydrogen-bond acceptors (Lipinski definition) is 1. The Balaban J connectivity index is 0.000000211. The lowest BCUT2D eigenvalue weighted by Gasteiger charge is -2.08. The van der Waals surface area contributed by atoms with E-state index in [0.717, 1.165) is 39.5 Å². The van der Waals surface area contributed by atoms with Crippen molar-refractivity contribution in [3.05, 3.63) is 63.7 Å². The fourth-order valence-corrected chi connectivity index (χ4v) is 1.91. The summed E-state index contributed by atoms with van der Waals surface area (Å²) in [5, 5.41) is 0.830. The third kappa shape index (κ3) is 4.67. The second kappa shape index (κ2) is 6.85. The standard InChI is InChI=1S/C9H12ClN.C7H5F3/c1-5-4-8(11)6(2)7(3)9(5)10;8-7(9,10)6-4-2-1-3-5-6/h4H,11H2,1-3H3;1-5H. The van der Waals surface area contributed by atoms with Gasteiger partial charge in [-0.05, 0) is 43.5 Å². The molecule has 2 N–H and O–H groups in total. The number of halogens is 4. The number of anilines is 1. The van der Waals surface area contributed by atoms with Gasteiger partial charge in [0.25, 0.3) is 0 Å². The molecule has 0 saturated carbocycles. The number of rotatable bonds is 0. The van der Waals surface area contributed by atoms with Crippen LogP contribution >= 0.6 is 11.6 Å². The molecule has 0 radical (unpaired) electrons. The van der Waals surface area contributed by atoms with Gasteiger partial charge in [-0.15, -0.1) is 0 Å². The number of nitrogens with two attached hydrogens (primary N) is 1. The second-order valence-corrected chi connectivity index (χ2v) is 5.09. The van der Waals surface area contributed by atoms with E-state index in [1.54, 1.807) is 6.07 Å². The Morgan fingerprint density at radius 3 is 1.90 bits per heavy atom. The molecule has 0 amide bonds. The maximum absolute atomic E-state index is 11.8. The smallest absolute Gasteiger partial charge is 0.398 e. The highest BCUT2D eigenvalue weighted by Gasteiger charge is 2.29. The zero-order valence-electron chi connectivity index (χ0n) is 12.1. The summed E-state index contributed by atoms with van der Waals surface area (Å²) < 4.78 is 35.4. The molecule has 21 heavy (non-hydrogen) atoms. The van der Waals surface area contributed by atoms with Gasteiger partial charge in [0, 0.05) is 10.7 Å². The van der Waals surface area contributed by atoms with Crippen LogP contribution in [-0.4, -0.2) is 0 Å². The molecular formula is C16H17ClF3N. The first-order valence-electron chi connectivity index (χ1n) is 6.28. The van der Waals surface area contributed by atoms with Crippen molar-refractivity contribution >= 4 is 17.3 Å². The molecule has 5 heteroatoms. The fraction of sp³-hybridized carbons (Fsp3) is 0.250. The molecule has 0 aliphatic heterocycles. The van der Waals surface area contributed by atoms with Crippen molar-refractivity contribution in [2.75, 3.05) is 5.73 Å². The predicted octanol–water partition coefficient (Wildman–Crippen LogP) is 5.55. The minimum absolute atomic E-state index is 0.602. The molecule has 0 heterocycles. The maximum atomic E-state index is 11.8. The van der Waals surface area contributed by atoms with Crippen LogP contribution in [0.15, 0.2) is 36.4 Å². The van der Waals surface area contributed by atoms with Crippen molar-refractivity contribution in [2.24, 2.45) is 0 Å². The number of hydrogen-bond donors (Lipinski definition) is 1. The molecule has 0 aliphatic rings. The van der Waals surface area contributed by atoms with E-state index in [1.807, 2.05) is 26.8 Å². The number of aryl methyl sites for hydroxylation is 1. The summed E-state index contributed by atoms with van der Waals surface area (Å²) in [4.78, 5) is 0. The van der Waals surface area contributed by atoms with Crippen LogP contribution in [0.1, 0.15) is 22.3 Å². The summed E-state index contributed by atoms with van der Waals surface area (Å²) in [5.41, 5.74) is 9.17. The summed E-state index contributed by atoms with van der Waals surface area (Å²) in [7, 11) is 0. The number of benzene rings is 2. The molecule has 0 aromatic heterocycles. The Morgan fingerprint density at radius 1 is 0.952 bits per heavy atom. The first kappa shape index (κ1) is 17.4. The van der Waals surface area contributed by atoms with E-state index in [2.05, 4.69) is 0 Å². The van der Waals surface area contributed by atoms with Gasteiger partial charge >= 0.3 is 6.18 Å². The second-order valence-electron chi connectivity index (χ2n) is 4.71. The van der Waals surface area contributed by atoms with Crippen LogP contribution < -0.4 is 5.73 Å². The summed E-state index contributed by atoms with van der Waals surface area (Å²) in [5.74, 6) is 0. The molecule has 0 saturated heterocycles. The van der Waals surface area contributed by atoms with Crippen molar-refractivity contribution in [2.45, 2.75) is 26.9 Å². The van der Waals surface area contributed by atoms with Crippen molar-refractivity contribution in [1.82, 2.24) is 0 Å². The van der Waals surface area contributed by atoms with Gasteiger partial charge in [0.1, 0.15) is 0 Å². The summed E-state index contributed by atoms with van der Waals surface area (Å²) in [6.07, 6.45) is -4.21. The Hall–Kier alpha value is -1.68. The lowest BCUT2D eigenvalue weighted by atomic mass is 10.0. The van der Waals surface area contributed by atoms with Crippen LogP contribution in [0.5, 0.6) is 0 Å². The Labute approximate surface area is 127 Å². The highest BCUT2D eigenvalue weighted by atomic mass is 35.5. The van der Waals surface area contributed by atoms with Crippen LogP contribution in [-0.2, 0) is 6.18 Å². The predicted molar refractivity (Wildman–Crippen MR) is 81.5 cm³/mol.